The van der Waals surface area contributed by atoms with Crippen molar-refractivity contribution >= 4 is 5.97 Å². The summed E-state index contributed by atoms with van der Waals surface area (Å²) in [4.78, 5) is 12.0. The van der Waals surface area contributed by atoms with Gasteiger partial charge in [-0.05, 0) is 56.0 Å². The molecule has 0 unspecified atom stereocenters. The fourth-order valence-corrected chi connectivity index (χ4v) is 2.07. The van der Waals surface area contributed by atoms with Gasteiger partial charge in [0.1, 0.15) is 5.60 Å². The molecule has 0 aliphatic rings. The van der Waals surface area contributed by atoms with Crippen molar-refractivity contribution in [3.8, 4) is 11.1 Å². The molecule has 0 radical (unpaired) electrons. The zero-order chi connectivity index (χ0) is 15.5. The molecule has 0 aliphatic heterocycles. The lowest BCUT2D eigenvalue weighted by atomic mass is 10.0. The van der Waals surface area contributed by atoms with Crippen molar-refractivity contribution in [2.75, 3.05) is 0 Å². The summed E-state index contributed by atoms with van der Waals surface area (Å²) in [6.45, 7) is 7.75. The standard InChI is InChI=1S/C19H22O2/c1-5-14-6-8-15(9-7-14)16-10-12-17(13-11-16)18(20)21-19(2,3)4/h6-13H,5H2,1-4H3. The summed E-state index contributed by atoms with van der Waals surface area (Å²) in [7, 11) is 0. The molecule has 2 aromatic rings. The van der Waals surface area contributed by atoms with Crippen molar-refractivity contribution < 1.29 is 9.53 Å². The fraction of sp³-hybridized carbons (Fsp3) is 0.316. The summed E-state index contributed by atoms with van der Waals surface area (Å²) in [6.07, 6.45) is 1.04. The molecule has 0 N–H and O–H groups in total. The third kappa shape index (κ3) is 4.19. The first-order chi connectivity index (χ1) is 9.89. The van der Waals surface area contributed by atoms with Crippen molar-refractivity contribution in [3.05, 3.63) is 59.7 Å². The highest BCUT2D eigenvalue weighted by Crippen LogP contribution is 2.21. The lowest BCUT2D eigenvalue weighted by molar-refractivity contribution is 0.00696. The molecule has 0 aromatic heterocycles. The van der Waals surface area contributed by atoms with E-state index in [-0.39, 0.29) is 5.97 Å². The highest BCUT2D eigenvalue weighted by Gasteiger charge is 2.17. The van der Waals surface area contributed by atoms with E-state index in [1.807, 2.05) is 45.0 Å². The van der Waals surface area contributed by atoms with E-state index in [1.54, 1.807) is 0 Å². The second-order valence-corrected chi connectivity index (χ2v) is 6.13. The van der Waals surface area contributed by atoms with E-state index >= 15 is 0 Å². The van der Waals surface area contributed by atoms with Crippen LogP contribution < -0.4 is 0 Å². The lowest BCUT2D eigenvalue weighted by Gasteiger charge is -2.19. The Morgan fingerprint density at radius 2 is 1.38 bits per heavy atom. The molecule has 110 valence electrons. The van der Waals surface area contributed by atoms with Crippen molar-refractivity contribution in [3.63, 3.8) is 0 Å². The van der Waals surface area contributed by atoms with Gasteiger partial charge in [-0.2, -0.15) is 0 Å². The van der Waals surface area contributed by atoms with Crippen molar-refractivity contribution in [1.29, 1.82) is 0 Å². The van der Waals surface area contributed by atoms with Crippen LogP contribution in [0.2, 0.25) is 0 Å². The molecular formula is C19H22O2. The molecule has 0 fully saturated rings. The number of aryl methyl sites for hydroxylation is 1. The van der Waals surface area contributed by atoms with Gasteiger partial charge in [-0.15, -0.1) is 0 Å². The van der Waals surface area contributed by atoms with Gasteiger partial charge in [0.25, 0.3) is 0 Å². The first kappa shape index (κ1) is 15.3. The molecule has 2 aromatic carbocycles. The summed E-state index contributed by atoms with van der Waals surface area (Å²) >= 11 is 0. The number of hydrogen-bond acceptors (Lipinski definition) is 2. The Bertz CT molecular complexity index is 602. The van der Waals surface area contributed by atoms with Crippen LogP contribution in [0.4, 0.5) is 0 Å². The molecule has 0 saturated carbocycles. The normalized spacial score (nSPS) is 11.2. The number of esters is 1. The van der Waals surface area contributed by atoms with E-state index in [1.165, 1.54) is 5.56 Å². The predicted molar refractivity (Wildman–Crippen MR) is 86.4 cm³/mol. The number of hydrogen-bond donors (Lipinski definition) is 0. The summed E-state index contributed by atoms with van der Waals surface area (Å²) < 4.78 is 5.36. The van der Waals surface area contributed by atoms with Gasteiger partial charge in [-0.3, -0.25) is 0 Å². The van der Waals surface area contributed by atoms with Crippen LogP contribution in [0, 0.1) is 0 Å². The summed E-state index contributed by atoms with van der Waals surface area (Å²) in [5.74, 6) is -0.282. The molecule has 0 saturated heterocycles. The first-order valence-corrected chi connectivity index (χ1v) is 7.32. The first-order valence-electron chi connectivity index (χ1n) is 7.32. The molecule has 0 bridgehead atoms. The van der Waals surface area contributed by atoms with Crippen LogP contribution in [0.25, 0.3) is 11.1 Å². The van der Waals surface area contributed by atoms with Gasteiger partial charge in [0.05, 0.1) is 5.56 Å². The second-order valence-electron chi connectivity index (χ2n) is 6.13. The summed E-state index contributed by atoms with van der Waals surface area (Å²) in [5.41, 5.74) is 3.70. The van der Waals surface area contributed by atoms with Gasteiger partial charge >= 0.3 is 5.97 Å². The second kappa shape index (κ2) is 6.13. The third-order valence-corrected chi connectivity index (χ3v) is 3.22. The van der Waals surface area contributed by atoms with E-state index in [2.05, 4.69) is 31.2 Å². The molecule has 2 rings (SSSR count). The minimum Gasteiger partial charge on any atom is -0.456 e. The minimum atomic E-state index is -0.467. The molecule has 0 atom stereocenters. The van der Waals surface area contributed by atoms with Crippen LogP contribution in [-0.2, 0) is 11.2 Å². The predicted octanol–water partition coefficient (Wildman–Crippen LogP) is 4.87. The molecule has 0 heterocycles. The Hall–Kier alpha value is -2.09. The quantitative estimate of drug-likeness (QED) is 0.751. The Kier molecular flexibility index (Phi) is 4.46. The Balaban J connectivity index is 2.16. The Morgan fingerprint density at radius 3 is 1.81 bits per heavy atom. The van der Waals surface area contributed by atoms with Crippen LogP contribution >= 0.6 is 0 Å². The van der Waals surface area contributed by atoms with Crippen molar-refractivity contribution in [1.82, 2.24) is 0 Å². The van der Waals surface area contributed by atoms with E-state index in [0.29, 0.717) is 5.56 Å². The molecule has 21 heavy (non-hydrogen) atoms. The molecule has 2 heteroatoms. The number of carbonyl (C=O) groups excluding carboxylic acids is 1. The van der Waals surface area contributed by atoms with Crippen LogP contribution in [-0.4, -0.2) is 11.6 Å². The maximum atomic E-state index is 12.0. The number of ether oxygens (including phenoxy) is 1. The summed E-state index contributed by atoms with van der Waals surface area (Å²) in [6, 6.07) is 16.0. The molecule has 0 amide bonds. The van der Waals surface area contributed by atoms with E-state index in [0.717, 1.165) is 17.5 Å². The maximum absolute atomic E-state index is 12.0. The maximum Gasteiger partial charge on any atom is 0.338 e. The van der Waals surface area contributed by atoms with Crippen LogP contribution in [0.1, 0.15) is 43.6 Å². The zero-order valence-corrected chi connectivity index (χ0v) is 13.1. The van der Waals surface area contributed by atoms with Crippen LogP contribution in [0.5, 0.6) is 0 Å². The lowest BCUT2D eigenvalue weighted by Crippen LogP contribution is -2.23. The van der Waals surface area contributed by atoms with Gasteiger partial charge < -0.3 is 4.74 Å². The number of rotatable bonds is 3. The highest BCUT2D eigenvalue weighted by atomic mass is 16.6. The van der Waals surface area contributed by atoms with Gasteiger partial charge in [0.15, 0.2) is 0 Å². The number of benzene rings is 2. The third-order valence-electron chi connectivity index (χ3n) is 3.22. The average Bonchev–Trinajstić information content (AvgIpc) is 2.46. The van der Waals surface area contributed by atoms with E-state index in [9.17, 15) is 4.79 Å². The van der Waals surface area contributed by atoms with E-state index < -0.39 is 5.60 Å². The Labute approximate surface area is 126 Å². The minimum absolute atomic E-state index is 0.282. The van der Waals surface area contributed by atoms with Crippen molar-refractivity contribution in [2.45, 2.75) is 39.7 Å². The highest BCUT2D eigenvalue weighted by molar-refractivity contribution is 5.90. The fourth-order valence-electron chi connectivity index (χ4n) is 2.07. The van der Waals surface area contributed by atoms with Gasteiger partial charge in [-0.1, -0.05) is 43.3 Å². The molecular weight excluding hydrogens is 260 g/mol. The molecule has 0 aliphatic carbocycles. The van der Waals surface area contributed by atoms with E-state index in [4.69, 9.17) is 4.74 Å². The van der Waals surface area contributed by atoms with Crippen molar-refractivity contribution in [2.24, 2.45) is 0 Å². The zero-order valence-electron chi connectivity index (χ0n) is 13.1. The monoisotopic (exact) mass is 282 g/mol. The Morgan fingerprint density at radius 1 is 0.905 bits per heavy atom. The SMILES string of the molecule is CCc1ccc(-c2ccc(C(=O)OC(C)(C)C)cc2)cc1. The number of carbonyl (C=O) groups is 1. The molecule has 0 spiro atoms. The van der Waals surface area contributed by atoms with Crippen LogP contribution in [0.15, 0.2) is 48.5 Å². The van der Waals surface area contributed by atoms with Gasteiger partial charge in [0.2, 0.25) is 0 Å². The summed E-state index contributed by atoms with van der Waals surface area (Å²) in [5, 5.41) is 0. The van der Waals surface area contributed by atoms with Gasteiger partial charge in [-0.25, -0.2) is 4.79 Å². The average molecular weight is 282 g/mol. The molecule has 2 nitrogen and oxygen atoms in total. The smallest absolute Gasteiger partial charge is 0.338 e. The largest absolute Gasteiger partial charge is 0.456 e. The van der Waals surface area contributed by atoms with Gasteiger partial charge in [0, 0.05) is 0 Å². The topological polar surface area (TPSA) is 26.3 Å². The van der Waals surface area contributed by atoms with Crippen LogP contribution in [0.3, 0.4) is 0 Å².